The SMILES string of the molecule is c1ccc(-c2cc(-c3ccccc3)nc(-c3ccc(-c4cccc(-c5ccc6c(c5)-c5ccccc5C65CCCCC5)c4)cc3)n2)cc1. The number of hydrogen-bond acceptors (Lipinski definition) is 2. The van der Waals surface area contributed by atoms with Crippen LogP contribution in [-0.4, -0.2) is 9.97 Å². The molecule has 1 fully saturated rings. The molecule has 0 amide bonds. The quantitative estimate of drug-likeness (QED) is 0.192. The molecule has 0 saturated heterocycles. The predicted octanol–water partition coefficient (Wildman–Crippen LogP) is 12.0. The summed E-state index contributed by atoms with van der Waals surface area (Å²) in [5.41, 5.74) is 16.0. The maximum absolute atomic E-state index is 5.02. The van der Waals surface area contributed by atoms with Crippen molar-refractivity contribution in [2.24, 2.45) is 0 Å². The van der Waals surface area contributed by atoms with E-state index in [4.69, 9.17) is 9.97 Å². The van der Waals surface area contributed by atoms with Gasteiger partial charge < -0.3 is 0 Å². The van der Waals surface area contributed by atoms with Crippen LogP contribution >= 0.6 is 0 Å². The number of hydrogen-bond donors (Lipinski definition) is 0. The van der Waals surface area contributed by atoms with Crippen molar-refractivity contribution in [1.29, 1.82) is 0 Å². The molecule has 2 aliphatic carbocycles. The Morgan fingerprint density at radius 3 is 1.56 bits per heavy atom. The summed E-state index contributed by atoms with van der Waals surface area (Å²) in [5, 5.41) is 0. The van der Waals surface area contributed by atoms with Crippen LogP contribution in [0.3, 0.4) is 0 Å². The van der Waals surface area contributed by atoms with E-state index in [1.54, 1.807) is 5.56 Å². The van der Waals surface area contributed by atoms with E-state index in [0.717, 1.165) is 33.9 Å². The molecule has 230 valence electrons. The molecule has 0 aliphatic heterocycles. The fraction of sp³-hybridized carbons (Fsp3) is 0.130. The zero-order valence-electron chi connectivity index (χ0n) is 26.9. The van der Waals surface area contributed by atoms with Crippen LogP contribution in [0.4, 0.5) is 0 Å². The first-order chi connectivity index (χ1) is 23.7. The maximum Gasteiger partial charge on any atom is 0.160 e. The van der Waals surface area contributed by atoms with E-state index < -0.39 is 0 Å². The molecule has 0 unspecified atom stereocenters. The molecule has 9 rings (SSSR count). The van der Waals surface area contributed by atoms with Gasteiger partial charge in [-0.1, -0.05) is 159 Å². The van der Waals surface area contributed by atoms with Crippen LogP contribution in [0, 0.1) is 0 Å². The second-order valence-electron chi connectivity index (χ2n) is 13.3. The van der Waals surface area contributed by atoms with Gasteiger partial charge in [-0.15, -0.1) is 0 Å². The van der Waals surface area contributed by atoms with Gasteiger partial charge >= 0.3 is 0 Å². The molecule has 0 atom stereocenters. The first-order valence-electron chi connectivity index (χ1n) is 17.2. The zero-order chi connectivity index (χ0) is 31.9. The molecule has 6 aromatic carbocycles. The third-order valence-corrected chi connectivity index (χ3v) is 10.5. The van der Waals surface area contributed by atoms with Gasteiger partial charge in [0.15, 0.2) is 5.82 Å². The van der Waals surface area contributed by atoms with Crippen molar-refractivity contribution in [3.05, 3.63) is 169 Å². The lowest BCUT2D eigenvalue weighted by Crippen LogP contribution is -2.27. The molecule has 48 heavy (non-hydrogen) atoms. The van der Waals surface area contributed by atoms with Gasteiger partial charge in [0.05, 0.1) is 11.4 Å². The monoisotopic (exact) mass is 616 g/mol. The highest BCUT2D eigenvalue weighted by atomic mass is 14.9. The second kappa shape index (κ2) is 11.9. The molecule has 1 heterocycles. The Morgan fingerprint density at radius 1 is 0.354 bits per heavy atom. The Labute approximate surface area is 282 Å². The molecular formula is C46H36N2. The minimum absolute atomic E-state index is 0.193. The summed E-state index contributed by atoms with van der Waals surface area (Å²) in [6.07, 6.45) is 6.51. The number of rotatable bonds is 5. The Hall–Kier alpha value is -5.60. The topological polar surface area (TPSA) is 25.8 Å². The van der Waals surface area contributed by atoms with Crippen LogP contribution in [0.1, 0.15) is 43.2 Å². The number of aromatic nitrogens is 2. The van der Waals surface area contributed by atoms with Crippen LogP contribution in [0.15, 0.2) is 158 Å². The Bertz CT molecular complexity index is 2190. The van der Waals surface area contributed by atoms with Gasteiger partial charge in [-0.25, -0.2) is 9.97 Å². The molecule has 2 aliphatic rings. The molecule has 7 aromatic rings. The number of nitrogens with zero attached hydrogens (tertiary/aromatic N) is 2. The van der Waals surface area contributed by atoms with Gasteiger partial charge in [0.2, 0.25) is 0 Å². The largest absolute Gasteiger partial charge is 0.228 e. The summed E-state index contributed by atoms with van der Waals surface area (Å²) >= 11 is 0. The van der Waals surface area contributed by atoms with Crippen LogP contribution in [0.25, 0.3) is 67.3 Å². The van der Waals surface area contributed by atoms with Crippen molar-refractivity contribution in [3.63, 3.8) is 0 Å². The van der Waals surface area contributed by atoms with Gasteiger partial charge in [-0.05, 0) is 75.5 Å². The minimum atomic E-state index is 0.193. The van der Waals surface area contributed by atoms with E-state index in [1.165, 1.54) is 71.0 Å². The van der Waals surface area contributed by atoms with Gasteiger partial charge in [0.1, 0.15) is 0 Å². The summed E-state index contributed by atoms with van der Waals surface area (Å²) < 4.78 is 0. The average molecular weight is 617 g/mol. The lowest BCUT2D eigenvalue weighted by atomic mass is 9.68. The van der Waals surface area contributed by atoms with E-state index >= 15 is 0 Å². The van der Waals surface area contributed by atoms with Crippen LogP contribution in [0.2, 0.25) is 0 Å². The first kappa shape index (κ1) is 28.6. The third kappa shape index (κ3) is 4.96. The number of fused-ring (bicyclic) bond motifs is 5. The first-order valence-corrected chi connectivity index (χ1v) is 17.2. The molecule has 0 bridgehead atoms. The molecule has 1 aromatic heterocycles. The summed E-state index contributed by atoms with van der Waals surface area (Å²) in [5.74, 6) is 0.727. The molecule has 0 N–H and O–H groups in total. The summed E-state index contributed by atoms with van der Waals surface area (Å²) in [7, 11) is 0. The summed E-state index contributed by atoms with van der Waals surface area (Å²) in [6, 6.07) is 56.8. The van der Waals surface area contributed by atoms with Crippen molar-refractivity contribution in [1.82, 2.24) is 9.97 Å². The van der Waals surface area contributed by atoms with Gasteiger partial charge in [-0.2, -0.15) is 0 Å². The summed E-state index contributed by atoms with van der Waals surface area (Å²) in [4.78, 5) is 10.0. The highest BCUT2D eigenvalue weighted by Crippen LogP contribution is 2.56. The van der Waals surface area contributed by atoms with Gasteiger partial charge in [-0.3, -0.25) is 0 Å². The Kier molecular flexibility index (Phi) is 7.08. The molecule has 1 spiro atoms. The molecular weight excluding hydrogens is 581 g/mol. The zero-order valence-corrected chi connectivity index (χ0v) is 26.9. The molecule has 2 heteroatoms. The van der Waals surface area contributed by atoms with Crippen molar-refractivity contribution < 1.29 is 0 Å². The van der Waals surface area contributed by atoms with Crippen LogP contribution in [0.5, 0.6) is 0 Å². The van der Waals surface area contributed by atoms with Crippen molar-refractivity contribution in [2.75, 3.05) is 0 Å². The van der Waals surface area contributed by atoms with Gasteiger partial charge in [0, 0.05) is 22.1 Å². The number of benzene rings is 6. The van der Waals surface area contributed by atoms with Gasteiger partial charge in [0.25, 0.3) is 0 Å². The Balaban J connectivity index is 1.05. The smallest absolute Gasteiger partial charge is 0.160 e. The maximum atomic E-state index is 5.02. The van der Waals surface area contributed by atoms with Crippen molar-refractivity contribution in [2.45, 2.75) is 37.5 Å². The van der Waals surface area contributed by atoms with E-state index in [0.29, 0.717) is 0 Å². The van der Waals surface area contributed by atoms with Crippen molar-refractivity contribution >= 4 is 0 Å². The fourth-order valence-electron chi connectivity index (χ4n) is 8.12. The summed E-state index contributed by atoms with van der Waals surface area (Å²) in [6.45, 7) is 0. The normalized spacial score (nSPS) is 14.4. The predicted molar refractivity (Wildman–Crippen MR) is 199 cm³/mol. The van der Waals surface area contributed by atoms with E-state index in [1.807, 2.05) is 12.1 Å². The third-order valence-electron chi connectivity index (χ3n) is 10.5. The highest BCUT2D eigenvalue weighted by molar-refractivity contribution is 5.86. The van der Waals surface area contributed by atoms with E-state index in [9.17, 15) is 0 Å². The van der Waals surface area contributed by atoms with Crippen LogP contribution in [-0.2, 0) is 5.41 Å². The van der Waals surface area contributed by atoms with Crippen molar-refractivity contribution in [3.8, 4) is 67.3 Å². The average Bonchev–Trinajstić information content (AvgIpc) is 3.43. The highest BCUT2D eigenvalue weighted by Gasteiger charge is 2.43. The van der Waals surface area contributed by atoms with E-state index in [-0.39, 0.29) is 5.41 Å². The fourth-order valence-corrected chi connectivity index (χ4v) is 8.12. The molecule has 2 nitrogen and oxygen atoms in total. The molecule has 1 saturated carbocycles. The van der Waals surface area contributed by atoms with Crippen LogP contribution < -0.4 is 0 Å². The van der Waals surface area contributed by atoms with E-state index in [2.05, 4.69) is 146 Å². The minimum Gasteiger partial charge on any atom is -0.228 e. The molecule has 0 radical (unpaired) electrons. The Morgan fingerprint density at radius 2 is 0.875 bits per heavy atom. The lowest BCUT2D eigenvalue weighted by molar-refractivity contribution is 0.353. The lowest BCUT2D eigenvalue weighted by Gasteiger charge is -2.36. The standard InChI is InChI=1S/C46H36N2/c1-4-13-33(14-5-1)43-31-44(34-15-6-2-7-16-34)48-45(47-43)35-23-21-32(22-24-35)36-17-12-18-37(29-36)38-25-26-42-40(30-38)39-19-8-9-20-41(39)46(42)27-10-3-11-28-46/h1-2,4-9,12-26,29-31H,3,10-11,27-28H2. The second-order valence-corrected chi connectivity index (χ2v) is 13.3.